The molecule has 2 aromatic heterocycles. The molecule has 30 heavy (non-hydrogen) atoms. The molecule has 0 amide bonds. The zero-order valence-corrected chi connectivity index (χ0v) is 16.9. The van der Waals surface area contributed by atoms with E-state index in [1.165, 1.54) is 17.7 Å². The molecule has 3 heterocycles. The Balaban J connectivity index is 1.74. The van der Waals surface area contributed by atoms with Crippen LogP contribution in [0.4, 0.5) is 10.2 Å². The fourth-order valence-electron chi connectivity index (χ4n) is 4.17. The van der Waals surface area contributed by atoms with E-state index in [9.17, 15) is 4.39 Å². The second-order valence-electron chi connectivity index (χ2n) is 7.61. The van der Waals surface area contributed by atoms with E-state index in [0.717, 1.165) is 45.9 Å². The van der Waals surface area contributed by atoms with Gasteiger partial charge in [0.05, 0.1) is 17.4 Å². The molecule has 1 aliphatic rings. The molecule has 0 saturated heterocycles. The van der Waals surface area contributed by atoms with Crippen molar-refractivity contribution in [1.29, 1.82) is 0 Å². The minimum Gasteiger partial charge on any atom is -0.265 e. The van der Waals surface area contributed by atoms with Gasteiger partial charge >= 0.3 is 0 Å². The van der Waals surface area contributed by atoms with Crippen LogP contribution in [-0.2, 0) is 0 Å². The van der Waals surface area contributed by atoms with Gasteiger partial charge in [-0.25, -0.2) is 14.1 Å². The fourth-order valence-corrected chi connectivity index (χ4v) is 4.17. The van der Waals surface area contributed by atoms with Crippen molar-refractivity contribution in [1.82, 2.24) is 14.8 Å². The molecule has 0 N–H and O–H groups in total. The number of nitrogens with zero attached hydrogens (tertiary/aromatic N) is 4. The smallest absolute Gasteiger partial charge is 0.159 e. The van der Waals surface area contributed by atoms with Crippen LogP contribution in [0.15, 0.2) is 78.0 Å². The first kappa shape index (κ1) is 18.4. The molecule has 5 heteroatoms. The first-order valence-electron chi connectivity index (χ1n) is 10.0. The zero-order valence-electron chi connectivity index (χ0n) is 16.9. The third-order valence-corrected chi connectivity index (χ3v) is 5.66. The second kappa shape index (κ2) is 7.34. The third kappa shape index (κ3) is 3.12. The Labute approximate surface area is 174 Å². The van der Waals surface area contributed by atoms with Crippen molar-refractivity contribution in [3.05, 3.63) is 101 Å². The number of hydrogen-bond donors (Lipinski definition) is 0. The largest absolute Gasteiger partial charge is 0.265 e. The average Bonchev–Trinajstić information content (AvgIpc) is 3.10. The summed E-state index contributed by atoms with van der Waals surface area (Å²) in [4.78, 5) is 9.25. The van der Waals surface area contributed by atoms with Gasteiger partial charge in [-0.1, -0.05) is 36.4 Å². The Bertz CT molecular complexity index is 1240. The lowest BCUT2D eigenvalue weighted by Crippen LogP contribution is -2.21. The van der Waals surface area contributed by atoms with E-state index in [1.807, 2.05) is 48.3 Å². The highest BCUT2D eigenvalue weighted by Gasteiger charge is 2.30. The summed E-state index contributed by atoms with van der Waals surface area (Å²) in [6.45, 7) is 4.09. The average molecular weight is 396 g/mol. The van der Waals surface area contributed by atoms with Crippen LogP contribution in [0, 0.1) is 19.7 Å². The lowest BCUT2D eigenvalue weighted by atomic mass is 9.93. The summed E-state index contributed by atoms with van der Waals surface area (Å²) in [5.41, 5.74) is 7.25. The number of fused-ring (bicyclic) bond motifs is 1. The molecule has 0 radical (unpaired) electrons. The van der Waals surface area contributed by atoms with Crippen molar-refractivity contribution in [2.24, 2.45) is 4.99 Å². The van der Waals surface area contributed by atoms with Gasteiger partial charge in [-0.2, -0.15) is 5.10 Å². The maximum Gasteiger partial charge on any atom is 0.159 e. The lowest BCUT2D eigenvalue weighted by Gasteiger charge is -2.26. The maximum atomic E-state index is 13.5. The number of aromatic nitrogens is 3. The van der Waals surface area contributed by atoms with Crippen LogP contribution in [0.25, 0.3) is 11.1 Å². The molecule has 0 unspecified atom stereocenters. The molecule has 1 atom stereocenters. The number of hydrogen-bond acceptors (Lipinski definition) is 3. The number of benzene rings is 2. The van der Waals surface area contributed by atoms with E-state index < -0.39 is 0 Å². The standard InChI is InChI=1S/C25H21FN4/c1-16-5-3-4-6-21(16)22-15-23(18-11-13-27-14-12-18)30-25(28-22)24(17(2)29-30)19-7-9-20(26)10-8-19/h3-14,23H,15H2,1-2H3/t23-/m1/s1. The van der Waals surface area contributed by atoms with Gasteiger partial charge in [0.15, 0.2) is 5.82 Å². The minimum atomic E-state index is -0.254. The molecule has 148 valence electrons. The number of aliphatic imine (C=N–C) groups is 1. The second-order valence-corrected chi connectivity index (χ2v) is 7.61. The van der Waals surface area contributed by atoms with Crippen LogP contribution in [0.5, 0.6) is 0 Å². The summed E-state index contributed by atoms with van der Waals surface area (Å²) < 4.78 is 15.5. The Morgan fingerprint density at radius 1 is 0.933 bits per heavy atom. The van der Waals surface area contributed by atoms with Gasteiger partial charge in [0.1, 0.15) is 5.82 Å². The van der Waals surface area contributed by atoms with Gasteiger partial charge in [-0.3, -0.25) is 4.98 Å². The molecule has 0 bridgehead atoms. The van der Waals surface area contributed by atoms with Gasteiger partial charge in [0.2, 0.25) is 0 Å². The van der Waals surface area contributed by atoms with E-state index in [-0.39, 0.29) is 11.9 Å². The van der Waals surface area contributed by atoms with Crippen molar-refractivity contribution in [2.45, 2.75) is 26.3 Å². The van der Waals surface area contributed by atoms with E-state index >= 15 is 0 Å². The number of pyridine rings is 1. The van der Waals surface area contributed by atoms with E-state index in [2.05, 4.69) is 24.0 Å². The van der Waals surface area contributed by atoms with Crippen LogP contribution in [0.1, 0.15) is 34.8 Å². The highest BCUT2D eigenvalue weighted by Crippen LogP contribution is 2.41. The number of rotatable bonds is 3. The number of aryl methyl sites for hydroxylation is 2. The topological polar surface area (TPSA) is 43.1 Å². The molecule has 0 fully saturated rings. The summed E-state index contributed by atoms with van der Waals surface area (Å²) in [5.74, 6) is 0.557. The molecule has 0 spiro atoms. The summed E-state index contributed by atoms with van der Waals surface area (Å²) in [5, 5.41) is 4.85. The Kier molecular flexibility index (Phi) is 4.51. The molecule has 0 aliphatic carbocycles. The Morgan fingerprint density at radius 2 is 1.67 bits per heavy atom. The van der Waals surface area contributed by atoms with Crippen LogP contribution in [0.3, 0.4) is 0 Å². The summed E-state index contributed by atoms with van der Waals surface area (Å²) in [7, 11) is 0. The fraction of sp³-hybridized carbons (Fsp3) is 0.160. The lowest BCUT2D eigenvalue weighted by molar-refractivity contribution is 0.529. The van der Waals surface area contributed by atoms with Gasteiger partial charge in [0, 0.05) is 24.4 Å². The molecule has 5 rings (SSSR count). The van der Waals surface area contributed by atoms with Gasteiger partial charge in [0.25, 0.3) is 0 Å². The Morgan fingerprint density at radius 3 is 2.40 bits per heavy atom. The normalized spacial score (nSPS) is 15.6. The van der Waals surface area contributed by atoms with Crippen molar-refractivity contribution in [2.75, 3.05) is 0 Å². The van der Waals surface area contributed by atoms with Crippen LogP contribution < -0.4 is 0 Å². The predicted molar refractivity (Wildman–Crippen MR) is 117 cm³/mol. The van der Waals surface area contributed by atoms with Gasteiger partial charge < -0.3 is 0 Å². The summed E-state index contributed by atoms with van der Waals surface area (Å²) in [6.07, 6.45) is 4.36. The first-order chi connectivity index (χ1) is 14.6. The zero-order chi connectivity index (χ0) is 20.7. The molecule has 0 saturated carbocycles. The highest BCUT2D eigenvalue weighted by molar-refractivity contribution is 6.05. The molecular formula is C25H21FN4. The minimum absolute atomic E-state index is 0.0167. The van der Waals surface area contributed by atoms with Crippen molar-refractivity contribution < 1.29 is 4.39 Å². The SMILES string of the molecule is Cc1ccccc1C1=Nc2c(-c3ccc(F)cc3)c(C)nn2[C@@H](c2ccncc2)C1. The Hall–Kier alpha value is -3.60. The first-order valence-corrected chi connectivity index (χ1v) is 10.0. The van der Waals surface area contributed by atoms with Crippen molar-refractivity contribution >= 4 is 11.5 Å². The van der Waals surface area contributed by atoms with E-state index in [4.69, 9.17) is 10.1 Å². The van der Waals surface area contributed by atoms with Gasteiger partial charge in [-0.05, 0) is 60.4 Å². The monoisotopic (exact) mass is 396 g/mol. The summed E-state index contributed by atoms with van der Waals surface area (Å²) in [6, 6.07) is 18.9. The van der Waals surface area contributed by atoms with Crippen LogP contribution in [0.2, 0.25) is 0 Å². The maximum absolute atomic E-state index is 13.5. The van der Waals surface area contributed by atoms with Crippen LogP contribution >= 0.6 is 0 Å². The number of halogens is 1. The van der Waals surface area contributed by atoms with Crippen molar-refractivity contribution in [3.8, 4) is 11.1 Å². The third-order valence-electron chi connectivity index (χ3n) is 5.66. The predicted octanol–water partition coefficient (Wildman–Crippen LogP) is 5.81. The van der Waals surface area contributed by atoms with E-state index in [1.54, 1.807) is 12.1 Å². The molecule has 2 aromatic carbocycles. The highest BCUT2D eigenvalue weighted by atomic mass is 19.1. The molecule has 4 aromatic rings. The molecular weight excluding hydrogens is 375 g/mol. The molecule has 1 aliphatic heterocycles. The quantitative estimate of drug-likeness (QED) is 0.438. The van der Waals surface area contributed by atoms with Gasteiger partial charge in [-0.15, -0.1) is 0 Å². The van der Waals surface area contributed by atoms with Crippen LogP contribution in [-0.4, -0.2) is 20.5 Å². The van der Waals surface area contributed by atoms with Crippen molar-refractivity contribution in [3.63, 3.8) is 0 Å². The molecule has 4 nitrogen and oxygen atoms in total. The summed E-state index contributed by atoms with van der Waals surface area (Å²) >= 11 is 0. The van der Waals surface area contributed by atoms with E-state index in [0.29, 0.717) is 0 Å².